The van der Waals surface area contributed by atoms with E-state index < -0.39 is 47.8 Å². The van der Waals surface area contributed by atoms with Gasteiger partial charge in [-0.15, -0.1) is 5.10 Å². The Morgan fingerprint density at radius 1 is 1.03 bits per heavy atom. The Labute approximate surface area is 190 Å². The molecule has 0 fully saturated rings. The molecule has 11 heteroatoms. The first kappa shape index (κ1) is 23.4. The largest absolute Gasteiger partial charge is 0.490 e. The molecule has 0 saturated carbocycles. The molecular formula is C23H19F5N4O2. The predicted octanol–water partition coefficient (Wildman–Crippen LogP) is 4.71. The first-order valence-electron chi connectivity index (χ1n) is 10.1. The van der Waals surface area contributed by atoms with E-state index in [2.05, 4.69) is 10.1 Å². The molecule has 0 spiro atoms. The zero-order chi connectivity index (χ0) is 24.7. The van der Waals surface area contributed by atoms with Crippen LogP contribution in [0.4, 0.5) is 27.9 Å². The summed E-state index contributed by atoms with van der Waals surface area (Å²) in [5, 5.41) is 14.3. The van der Waals surface area contributed by atoms with E-state index in [1.54, 1.807) is 0 Å². The molecule has 0 bridgehead atoms. The summed E-state index contributed by atoms with van der Waals surface area (Å²) in [6.07, 6.45) is 0.435. The number of aromatic nitrogens is 3. The highest BCUT2D eigenvalue weighted by Gasteiger charge is 2.49. The lowest BCUT2D eigenvalue weighted by Gasteiger charge is -2.33. The Morgan fingerprint density at radius 3 is 2.44 bits per heavy atom. The molecule has 178 valence electrons. The van der Waals surface area contributed by atoms with Crippen LogP contribution in [0.15, 0.2) is 54.7 Å². The summed E-state index contributed by atoms with van der Waals surface area (Å²) in [6, 6.07) is 8.54. The molecule has 1 atom stereocenters. The molecule has 6 nitrogen and oxygen atoms in total. The number of ether oxygens (including phenoxy) is 1. The monoisotopic (exact) mass is 478 g/mol. The number of fused-ring (bicyclic) bond motifs is 1. The maximum absolute atomic E-state index is 15.1. The van der Waals surface area contributed by atoms with Gasteiger partial charge in [0.05, 0.1) is 6.61 Å². The summed E-state index contributed by atoms with van der Waals surface area (Å²) >= 11 is 0. The van der Waals surface area contributed by atoms with E-state index in [1.807, 2.05) is 0 Å². The van der Waals surface area contributed by atoms with Crippen LogP contribution in [0.2, 0.25) is 0 Å². The minimum absolute atomic E-state index is 0.00154. The van der Waals surface area contributed by atoms with Gasteiger partial charge in [0.1, 0.15) is 11.6 Å². The van der Waals surface area contributed by atoms with Crippen molar-refractivity contribution in [2.24, 2.45) is 0 Å². The molecular weight excluding hydrogens is 459 g/mol. The fourth-order valence-corrected chi connectivity index (χ4v) is 3.46. The van der Waals surface area contributed by atoms with E-state index in [-0.39, 0.29) is 22.6 Å². The standard InChI is InChI=1S/C23H19F5N4O2/c1-22(33,14-2-4-15(24)5-3-14)23(27,28)7-9-34-18-12-16(25)11-17(20(18)26)13-6-8-32-19(10-13)30-21(29)31-32/h2-6,8,10-12,33H,7,9H2,1H3,(H2,29,31). The van der Waals surface area contributed by atoms with Crippen LogP contribution in [0.1, 0.15) is 18.9 Å². The number of pyridine rings is 1. The normalized spacial score (nSPS) is 13.7. The van der Waals surface area contributed by atoms with E-state index in [1.165, 1.54) is 22.8 Å². The Bertz CT molecular complexity index is 1340. The van der Waals surface area contributed by atoms with E-state index in [4.69, 9.17) is 10.5 Å². The number of nitrogens with two attached hydrogens (primary N) is 1. The quantitative estimate of drug-likeness (QED) is 0.376. The maximum Gasteiger partial charge on any atom is 0.283 e. The van der Waals surface area contributed by atoms with E-state index in [9.17, 15) is 22.7 Å². The number of benzene rings is 2. The van der Waals surface area contributed by atoms with Gasteiger partial charge >= 0.3 is 0 Å². The smallest absolute Gasteiger partial charge is 0.283 e. The lowest BCUT2D eigenvalue weighted by Crippen LogP contribution is -2.43. The van der Waals surface area contributed by atoms with Gasteiger partial charge in [-0.25, -0.2) is 26.5 Å². The van der Waals surface area contributed by atoms with Crippen LogP contribution in [0, 0.1) is 17.5 Å². The minimum Gasteiger partial charge on any atom is -0.490 e. The fourth-order valence-electron chi connectivity index (χ4n) is 3.46. The van der Waals surface area contributed by atoms with Gasteiger partial charge in [0.15, 0.2) is 22.8 Å². The molecule has 2 heterocycles. The molecule has 2 aromatic heterocycles. The molecule has 0 saturated heterocycles. The van der Waals surface area contributed by atoms with Crippen LogP contribution in [0.25, 0.3) is 16.8 Å². The number of nitrogen functional groups attached to an aromatic ring is 1. The van der Waals surface area contributed by atoms with Crippen molar-refractivity contribution in [2.45, 2.75) is 24.9 Å². The molecule has 0 amide bonds. The van der Waals surface area contributed by atoms with Crippen molar-refractivity contribution in [3.63, 3.8) is 0 Å². The number of alkyl halides is 2. The molecule has 4 rings (SSSR count). The Balaban J connectivity index is 1.54. The molecule has 34 heavy (non-hydrogen) atoms. The molecule has 0 aliphatic rings. The SMILES string of the molecule is CC(O)(c1ccc(F)cc1)C(F)(F)CCOc1cc(F)cc(-c2ccn3nc(N)nc3c2)c1F. The molecule has 4 aromatic rings. The summed E-state index contributed by atoms with van der Waals surface area (Å²) in [4.78, 5) is 3.96. The second-order valence-electron chi connectivity index (χ2n) is 7.84. The number of hydrogen-bond acceptors (Lipinski definition) is 5. The molecule has 0 radical (unpaired) electrons. The van der Waals surface area contributed by atoms with Crippen LogP contribution in [-0.2, 0) is 5.60 Å². The van der Waals surface area contributed by atoms with Gasteiger partial charge in [-0.2, -0.15) is 4.98 Å². The number of aliphatic hydroxyl groups is 1. The number of halogens is 5. The van der Waals surface area contributed by atoms with E-state index >= 15 is 4.39 Å². The second kappa shape index (κ2) is 8.56. The van der Waals surface area contributed by atoms with Crippen molar-refractivity contribution >= 4 is 11.6 Å². The molecule has 1 unspecified atom stereocenters. The topological polar surface area (TPSA) is 85.7 Å². The van der Waals surface area contributed by atoms with Gasteiger partial charge in [-0.1, -0.05) is 12.1 Å². The summed E-state index contributed by atoms with van der Waals surface area (Å²) in [7, 11) is 0. The van der Waals surface area contributed by atoms with Gasteiger partial charge in [0, 0.05) is 24.2 Å². The van der Waals surface area contributed by atoms with Crippen LogP contribution in [0.5, 0.6) is 5.75 Å². The maximum atomic E-state index is 15.1. The van der Waals surface area contributed by atoms with Gasteiger partial charge in [0.2, 0.25) is 5.95 Å². The molecule has 3 N–H and O–H groups in total. The average molecular weight is 478 g/mol. The van der Waals surface area contributed by atoms with Crippen molar-refractivity contribution in [1.82, 2.24) is 14.6 Å². The third-order valence-corrected chi connectivity index (χ3v) is 5.46. The van der Waals surface area contributed by atoms with Crippen molar-refractivity contribution in [1.29, 1.82) is 0 Å². The highest BCUT2D eigenvalue weighted by Crippen LogP contribution is 2.40. The van der Waals surface area contributed by atoms with Gasteiger partial charge in [0.25, 0.3) is 5.92 Å². The van der Waals surface area contributed by atoms with Crippen molar-refractivity contribution < 1.29 is 31.8 Å². The highest BCUT2D eigenvalue weighted by molar-refractivity contribution is 5.69. The fraction of sp³-hybridized carbons (Fsp3) is 0.217. The number of hydrogen-bond donors (Lipinski definition) is 2. The van der Waals surface area contributed by atoms with Crippen LogP contribution < -0.4 is 10.5 Å². The third-order valence-electron chi connectivity index (χ3n) is 5.46. The highest BCUT2D eigenvalue weighted by atomic mass is 19.3. The Kier molecular flexibility index (Phi) is 5.90. The van der Waals surface area contributed by atoms with E-state index in [0.29, 0.717) is 5.65 Å². The average Bonchev–Trinajstić information content (AvgIpc) is 3.15. The van der Waals surface area contributed by atoms with Crippen molar-refractivity contribution in [3.05, 3.63) is 77.7 Å². The van der Waals surface area contributed by atoms with Crippen molar-refractivity contribution in [2.75, 3.05) is 12.3 Å². The zero-order valence-corrected chi connectivity index (χ0v) is 17.8. The Hall–Kier alpha value is -3.73. The minimum atomic E-state index is -3.73. The molecule has 0 aliphatic carbocycles. The number of anilines is 1. The molecule has 2 aromatic carbocycles. The zero-order valence-electron chi connectivity index (χ0n) is 17.8. The molecule has 0 aliphatic heterocycles. The lowest BCUT2D eigenvalue weighted by molar-refractivity contribution is -0.184. The summed E-state index contributed by atoms with van der Waals surface area (Å²) < 4.78 is 78.3. The summed E-state index contributed by atoms with van der Waals surface area (Å²) in [6.45, 7) is 0.151. The van der Waals surface area contributed by atoms with Crippen LogP contribution in [0.3, 0.4) is 0 Å². The number of rotatable bonds is 7. The first-order valence-corrected chi connectivity index (χ1v) is 10.1. The van der Waals surface area contributed by atoms with Crippen molar-refractivity contribution in [3.8, 4) is 16.9 Å². The third kappa shape index (κ3) is 4.38. The van der Waals surface area contributed by atoms with Gasteiger partial charge in [-0.3, -0.25) is 0 Å². The predicted molar refractivity (Wildman–Crippen MR) is 114 cm³/mol. The van der Waals surface area contributed by atoms with Gasteiger partial charge in [-0.05, 0) is 48.4 Å². The number of nitrogens with zero attached hydrogens (tertiary/aromatic N) is 3. The summed E-state index contributed by atoms with van der Waals surface area (Å²) in [5.41, 5.74) is 3.04. The van der Waals surface area contributed by atoms with Gasteiger partial charge < -0.3 is 15.6 Å². The second-order valence-corrected chi connectivity index (χ2v) is 7.84. The van der Waals surface area contributed by atoms with Crippen LogP contribution in [-0.4, -0.2) is 32.2 Å². The Morgan fingerprint density at radius 2 is 1.74 bits per heavy atom. The lowest BCUT2D eigenvalue weighted by atomic mass is 9.87. The van der Waals surface area contributed by atoms with E-state index in [0.717, 1.165) is 43.3 Å². The summed E-state index contributed by atoms with van der Waals surface area (Å²) in [5.74, 6) is -6.76. The first-order chi connectivity index (χ1) is 16.0. The van der Waals surface area contributed by atoms with Crippen LogP contribution >= 0.6 is 0 Å².